The molecule has 5 nitrogen and oxygen atoms in total. The van der Waals surface area contributed by atoms with Crippen LogP contribution in [-0.2, 0) is 17.7 Å². The van der Waals surface area contributed by atoms with Crippen molar-refractivity contribution < 1.29 is 4.74 Å². The molecular formula is C22H28N4O. The minimum Gasteiger partial charge on any atom is -0.378 e. The lowest BCUT2D eigenvalue weighted by Gasteiger charge is -2.29. The SMILES string of the molecule is CCc1cc(N2CCOCC2)nc(C2=CCN(Cc3ccccc3)CC2)n1. The Balaban J connectivity index is 1.49. The van der Waals surface area contributed by atoms with Crippen LogP contribution in [-0.4, -0.2) is 54.3 Å². The van der Waals surface area contributed by atoms with Crippen LogP contribution in [0, 0.1) is 0 Å². The summed E-state index contributed by atoms with van der Waals surface area (Å²) in [6, 6.07) is 12.8. The summed E-state index contributed by atoms with van der Waals surface area (Å²) < 4.78 is 5.48. The second-order valence-electron chi connectivity index (χ2n) is 7.19. The third-order valence-corrected chi connectivity index (χ3v) is 5.29. The van der Waals surface area contributed by atoms with Crippen LogP contribution >= 0.6 is 0 Å². The predicted octanol–water partition coefficient (Wildman–Crippen LogP) is 3.16. The van der Waals surface area contributed by atoms with Crippen molar-refractivity contribution in [3.63, 3.8) is 0 Å². The van der Waals surface area contributed by atoms with Crippen LogP contribution in [0.1, 0.15) is 30.4 Å². The van der Waals surface area contributed by atoms with Gasteiger partial charge in [0.25, 0.3) is 0 Å². The summed E-state index contributed by atoms with van der Waals surface area (Å²) in [5, 5.41) is 0. The maximum atomic E-state index is 5.48. The van der Waals surface area contributed by atoms with E-state index in [-0.39, 0.29) is 0 Å². The van der Waals surface area contributed by atoms with Gasteiger partial charge in [-0.05, 0) is 24.0 Å². The molecule has 1 aromatic carbocycles. The molecule has 2 aliphatic rings. The molecular weight excluding hydrogens is 336 g/mol. The highest BCUT2D eigenvalue weighted by Crippen LogP contribution is 2.24. The van der Waals surface area contributed by atoms with Crippen molar-refractivity contribution in [3.8, 4) is 0 Å². The van der Waals surface area contributed by atoms with Crippen molar-refractivity contribution in [3.05, 3.63) is 59.6 Å². The number of hydrogen-bond acceptors (Lipinski definition) is 5. The van der Waals surface area contributed by atoms with Gasteiger partial charge in [0.1, 0.15) is 5.82 Å². The van der Waals surface area contributed by atoms with E-state index in [4.69, 9.17) is 14.7 Å². The standard InChI is InChI=1S/C22H28N4O/c1-2-20-16-21(26-12-14-27-15-13-26)24-22(23-20)19-8-10-25(11-9-19)17-18-6-4-3-5-7-18/h3-8,16H,2,9-15,17H2,1H3. The predicted molar refractivity (Wildman–Crippen MR) is 109 cm³/mol. The average molecular weight is 364 g/mol. The number of benzene rings is 1. The van der Waals surface area contributed by atoms with Crippen molar-refractivity contribution in [2.75, 3.05) is 44.3 Å². The second-order valence-corrected chi connectivity index (χ2v) is 7.19. The molecule has 0 saturated carbocycles. The van der Waals surface area contributed by atoms with Gasteiger partial charge in [-0.2, -0.15) is 0 Å². The number of anilines is 1. The summed E-state index contributed by atoms with van der Waals surface area (Å²) in [6.07, 6.45) is 4.24. The molecule has 27 heavy (non-hydrogen) atoms. The van der Waals surface area contributed by atoms with E-state index in [0.29, 0.717) is 0 Å². The van der Waals surface area contributed by atoms with E-state index in [9.17, 15) is 0 Å². The lowest BCUT2D eigenvalue weighted by atomic mass is 10.1. The van der Waals surface area contributed by atoms with Gasteiger partial charge < -0.3 is 9.64 Å². The zero-order valence-corrected chi connectivity index (χ0v) is 16.1. The van der Waals surface area contributed by atoms with Gasteiger partial charge in [0.2, 0.25) is 0 Å². The number of rotatable bonds is 5. The third kappa shape index (κ3) is 4.54. The average Bonchev–Trinajstić information content (AvgIpc) is 2.75. The molecule has 1 aromatic heterocycles. The largest absolute Gasteiger partial charge is 0.378 e. The van der Waals surface area contributed by atoms with Crippen LogP contribution in [0.2, 0.25) is 0 Å². The van der Waals surface area contributed by atoms with E-state index in [0.717, 1.165) is 76.1 Å². The summed E-state index contributed by atoms with van der Waals surface area (Å²) in [7, 11) is 0. The van der Waals surface area contributed by atoms with Crippen LogP contribution in [0.25, 0.3) is 5.57 Å². The van der Waals surface area contributed by atoms with Gasteiger partial charge >= 0.3 is 0 Å². The van der Waals surface area contributed by atoms with E-state index >= 15 is 0 Å². The van der Waals surface area contributed by atoms with Crippen molar-refractivity contribution in [1.29, 1.82) is 0 Å². The highest BCUT2D eigenvalue weighted by Gasteiger charge is 2.19. The Morgan fingerprint density at radius 3 is 2.56 bits per heavy atom. The summed E-state index contributed by atoms with van der Waals surface area (Å²) in [6.45, 7) is 8.53. The zero-order chi connectivity index (χ0) is 18.5. The van der Waals surface area contributed by atoms with Gasteiger partial charge in [-0.1, -0.05) is 43.3 Å². The van der Waals surface area contributed by atoms with Crippen LogP contribution in [0.5, 0.6) is 0 Å². The lowest BCUT2D eigenvalue weighted by Crippen LogP contribution is -2.37. The van der Waals surface area contributed by atoms with Gasteiger partial charge in [0.05, 0.1) is 13.2 Å². The van der Waals surface area contributed by atoms with E-state index < -0.39 is 0 Å². The maximum Gasteiger partial charge on any atom is 0.157 e. The summed E-state index contributed by atoms with van der Waals surface area (Å²) in [4.78, 5) is 14.5. The van der Waals surface area contributed by atoms with E-state index in [1.807, 2.05) is 0 Å². The molecule has 2 aromatic rings. The molecule has 1 saturated heterocycles. The molecule has 1 fully saturated rings. The number of nitrogens with zero attached hydrogens (tertiary/aromatic N) is 4. The fraction of sp³-hybridized carbons (Fsp3) is 0.455. The van der Waals surface area contributed by atoms with E-state index in [2.05, 4.69) is 59.2 Å². The fourth-order valence-electron chi connectivity index (χ4n) is 3.66. The minimum atomic E-state index is 0.776. The lowest BCUT2D eigenvalue weighted by molar-refractivity contribution is 0.122. The summed E-state index contributed by atoms with van der Waals surface area (Å²) >= 11 is 0. The van der Waals surface area contributed by atoms with Crippen molar-refractivity contribution in [2.24, 2.45) is 0 Å². The first-order valence-electron chi connectivity index (χ1n) is 9.98. The zero-order valence-electron chi connectivity index (χ0n) is 16.1. The molecule has 0 amide bonds. The van der Waals surface area contributed by atoms with Crippen molar-refractivity contribution in [1.82, 2.24) is 14.9 Å². The Morgan fingerprint density at radius 2 is 1.85 bits per heavy atom. The van der Waals surface area contributed by atoms with Crippen molar-refractivity contribution in [2.45, 2.75) is 26.3 Å². The van der Waals surface area contributed by atoms with Gasteiger partial charge in [-0.25, -0.2) is 9.97 Å². The van der Waals surface area contributed by atoms with Gasteiger partial charge in [-0.3, -0.25) is 4.90 Å². The van der Waals surface area contributed by atoms with Crippen LogP contribution in [0.4, 0.5) is 5.82 Å². The molecule has 0 aliphatic carbocycles. The first-order valence-corrected chi connectivity index (χ1v) is 9.98. The Labute approximate surface area is 161 Å². The topological polar surface area (TPSA) is 41.5 Å². The second kappa shape index (κ2) is 8.63. The van der Waals surface area contributed by atoms with Crippen LogP contribution < -0.4 is 4.90 Å². The number of hydrogen-bond donors (Lipinski definition) is 0. The smallest absolute Gasteiger partial charge is 0.157 e. The molecule has 0 unspecified atom stereocenters. The van der Waals surface area contributed by atoms with Crippen LogP contribution in [0.15, 0.2) is 42.5 Å². The number of aryl methyl sites for hydroxylation is 1. The third-order valence-electron chi connectivity index (χ3n) is 5.29. The molecule has 0 atom stereocenters. The van der Waals surface area contributed by atoms with Crippen molar-refractivity contribution >= 4 is 11.4 Å². The Hall–Kier alpha value is -2.24. The molecule has 0 spiro atoms. The Kier molecular flexibility index (Phi) is 5.80. The van der Waals surface area contributed by atoms with Gasteiger partial charge in [0.15, 0.2) is 5.82 Å². The number of aromatic nitrogens is 2. The molecule has 3 heterocycles. The molecule has 0 radical (unpaired) electrons. The molecule has 0 bridgehead atoms. The highest BCUT2D eigenvalue weighted by atomic mass is 16.5. The quantitative estimate of drug-likeness (QED) is 0.815. The first-order chi connectivity index (χ1) is 13.3. The minimum absolute atomic E-state index is 0.776. The highest BCUT2D eigenvalue weighted by molar-refractivity contribution is 5.62. The molecule has 0 N–H and O–H groups in total. The Bertz CT molecular complexity index is 784. The monoisotopic (exact) mass is 364 g/mol. The number of morpholine rings is 1. The maximum absolute atomic E-state index is 5.48. The summed E-state index contributed by atoms with van der Waals surface area (Å²) in [5.74, 6) is 1.96. The van der Waals surface area contributed by atoms with Gasteiger partial charge in [0, 0.05) is 44.5 Å². The molecule has 4 rings (SSSR count). The summed E-state index contributed by atoms with van der Waals surface area (Å²) in [5.41, 5.74) is 3.77. The molecule has 5 heteroatoms. The van der Waals surface area contributed by atoms with Crippen LogP contribution in [0.3, 0.4) is 0 Å². The van der Waals surface area contributed by atoms with E-state index in [1.54, 1.807) is 0 Å². The van der Waals surface area contributed by atoms with E-state index in [1.165, 1.54) is 11.1 Å². The molecule has 2 aliphatic heterocycles. The normalized spacial score (nSPS) is 18.4. The Morgan fingerprint density at radius 1 is 1.04 bits per heavy atom. The first kappa shape index (κ1) is 18.1. The van der Waals surface area contributed by atoms with Gasteiger partial charge in [-0.15, -0.1) is 0 Å². The fourth-order valence-corrected chi connectivity index (χ4v) is 3.66. The molecule has 142 valence electrons. The number of ether oxygens (including phenoxy) is 1.